The third kappa shape index (κ3) is 14.4. The van der Waals surface area contributed by atoms with Crippen LogP contribution in [0.15, 0.2) is 0 Å². The lowest BCUT2D eigenvalue weighted by molar-refractivity contribution is -0.109. The van der Waals surface area contributed by atoms with E-state index < -0.39 is 22.9 Å². The van der Waals surface area contributed by atoms with Crippen molar-refractivity contribution in [2.45, 2.75) is 58.4 Å². The van der Waals surface area contributed by atoms with E-state index in [0.717, 1.165) is 20.0 Å². The minimum Gasteiger partial charge on any atom is -0.396 e. The van der Waals surface area contributed by atoms with E-state index in [4.69, 9.17) is 9.66 Å². The van der Waals surface area contributed by atoms with Crippen LogP contribution in [0.1, 0.15) is 46.0 Å². The van der Waals surface area contributed by atoms with Crippen LogP contribution in [0.4, 0.5) is 0 Å². The van der Waals surface area contributed by atoms with Crippen LogP contribution in [0.25, 0.3) is 0 Å². The molecule has 2 unspecified atom stereocenters. The summed E-state index contributed by atoms with van der Waals surface area (Å²) in [5.74, 6) is 0. The minimum absolute atomic E-state index is 0.0915. The van der Waals surface area contributed by atoms with E-state index in [9.17, 15) is 18.6 Å². The summed E-state index contributed by atoms with van der Waals surface area (Å²) < 4.78 is 29.7. The van der Waals surface area contributed by atoms with Crippen LogP contribution in [0, 0.1) is 0 Å². The highest BCUT2D eigenvalue weighted by Gasteiger charge is 2.21. The zero-order valence-corrected chi connectivity index (χ0v) is 13.8. The number of aliphatic hydroxyl groups excluding tert-OH is 3. The third-order valence-electron chi connectivity index (χ3n) is 2.64. The van der Waals surface area contributed by atoms with Crippen LogP contribution in [0.2, 0.25) is 0 Å². The van der Waals surface area contributed by atoms with Crippen molar-refractivity contribution in [2.24, 2.45) is 0 Å². The van der Waals surface area contributed by atoms with E-state index in [0.29, 0.717) is 25.8 Å². The van der Waals surface area contributed by atoms with Crippen molar-refractivity contribution in [1.82, 2.24) is 4.90 Å². The predicted octanol–water partition coefficient (Wildman–Crippen LogP) is 0.343. The quantitative estimate of drug-likeness (QED) is 0.333. The molecule has 0 rings (SSSR count). The smallest absolute Gasteiger partial charge is 0.396 e. The highest BCUT2D eigenvalue weighted by molar-refractivity contribution is 7.80. The largest absolute Gasteiger partial charge is 0.397 e. The van der Waals surface area contributed by atoms with E-state index in [1.807, 2.05) is 13.8 Å². The number of hydrogen-bond donors (Lipinski definition) is 4. The predicted molar refractivity (Wildman–Crippen MR) is 78.8 cm³/mol. The lowest BCUT2D eigenvalue weighted by Crippen LogP contribution is -2.44. The van der Waals surface area contributed by atoms with Crippen LogP contribution in [0.5, 0.6) is 0 Å². The summed E-state index contributed by atoms with van der Waals surface area (Å²) in [6.07, 6.45) is 2.48. The molecule has 4 N–H and O–H groups in total. The van der Waals surface area contributed by atoms with E-state index in [1.54, 1.807) is 4.90 Å². The first-order valence-electron chi connectivity index (χ1n) is 6.99. The Hall–Kier alpha value is -0.290. The molecule has 0 amide bonds. The fourth-order valence-electron chi connectivity index (χ4n) is 1.60. The number of hydrogen-bond acceptors (Lipinski definition) is 7. The van der Waals surface area contributed by atoms with Gasteiger partial charge in [0.05, 0.1) is 7.11 Å². The molecule has 21 heavy (non-hydrogen) atoms. The summed E-state index contributed by atoms with van der Waals surface area (Å²) in [4.78, 5) is 1.67. The molecule has 0 bridgehead atoms. The Labute approximate surface area is 127 Å². The average molecular weight is 331 g/mol. The summed E-state index contributed by atoms with van der Waals surface area (Å²) >= 11 is 0. The van der Waals surface area contributed by atoms with Gasteiger partial charge in [0.2, 0.25) is 0 Å². The monoisotopic (exact) mass is 331 g/mol. The van der Waals surface area contributed by atoms with Crippen LogP contribution < -0.4 is 0 Å². The van der Waals surface area contributed by atoms with Gasteiger partial charge in [-0.2, -0.15) is 8.42 Å². The van der Waals surface area contributed by atoms with Gasteiger partial charge in [-0.15, -0.1) is 0 Å². The Morgan fingerprint density at radius 3 is 1.71 bits per heavy atom. The fourth-order valence-corrected chi connectivity index (χ4v) is 1.60. The first-order chi connectivity index (χ1) is 9.73. The highest BCUT2D eigenvalue weighted by atomic mass is 32.3. The number of aliphatic hydroxyl groups is 3. The molecular weight excluding hydrogens is 302 g/mol. The molecule has 0 spiro atoms. The van der Waals surface area contributed by atoms with E-state index >= 15 is 0 Å². The zero-order valence-electron chi connectivity index (χ0n) is 13.0. The summed E-state index contributed by atoms with van der Waals surface area (Å²) in [7, 11) is -3.29. The molecule has 0 aromatic rings. The Kier molecular flexibility index (Phi) is 14.6. The number of nitrogens with zero attached hydrogens (tertiary/aromatic N) is 1. The summed E-state index contributed by atoms with van der Waals surface area (Å²) in [5.41, 5.74) is 0. The van der Waals surface area contributed by atoms with Gasteiger partial charge in [0.15, 0.2) is 0 Å². The lowest BCUT2D eigenvalue weighted by atomic mass is 10.2. The molecular formula is C12H29NO7S. The van der Waals surface area contributed by atoms with Gasteiger partial charge in [-0.05, 0) is 19.3 Å². The zero-order chi connectivity index (χ0) is 16.9. The second-order valence-corrected chi connectivity index (χ2v) is 5.64. The molecule has 0 aromatic heterocycles. The molecule has 9 heteroatoms. The van der Waals surface area contributed by atoms with Crippen molar-refractivity contribution < 1.29 is 32.5 Å². The Morgan fingerprint density at radius 2 is 1.48 bits per heavy atom. The minimum atomic E-state index is -4.16. The molecule has 0 aliphatic rings. The first kappa shape index (κ1) is 23.0. The first-order valence-corrected chi connectivity index (χ1v) is 8.35. The Balaban J connectivity index is 0. The van der Waals surface area contributed by atoms with Crippen molar-refractivity contribution in [3.8, 4) is 0 Å². The molecule has 0 saturated carbocycles. The normalized spacial score (nSPS) is 14.5. The van der Waals surface area contributed by atoms with Gasteiger partial charge < -0.3 is 15.3 Å². The lowest BCUT2D eigenvalue weighted by Gasteiger charge is -2.32. The highest BCUT2D eigenvalue weighted by Crippen LogP contribution is 2.11. The van der Waals surface area contributed by atoms with Gasteiger partial charge in [-0.25, -0.2) is 0 Å². The summed E-state index contributed by atoms with van der Waals surface area (Å²) in [5, 5.41) is 28.4. The van der Waals surface area contributed by atoms with Gasteiger partial charge in [-0.3, -0.25) is 13.6 Å². The maximum atomic E-state index is 9.82. The molecule has 0 heterocycles. The van der Waals surface area contributed by atoms with E-state index in [1.165, 1.54) is 0 Å². The topological polar surface area (TPSA) is 128 Å². The molecule has 2 atom stereocenters. The van der Waals surface area contributed by atoms with Crippen LogP contribution in [-0.2, 0) is 14.6 Å². The third-order valence-corrected chi connectivity index (χ3v) is 3.07. The van der Waals surface area contributed by atoms with Gasteiger partial charge in [-0.1, -0.05) is 26.7 Å². The van der Waals surface area contributed by atoms with Crippen molar-refractivity contribution in [1.29, 1.82) is 0 Å². The number of rotatable bonds is 10. The standard InChI is InChI=1S/C11H25NO3.CH4O4S/c1-3-6-10(14)12(8-5-9-13)11(15)7-4-2;1-5-6(2,3)4/h10-11,13-15H,3-9H2,1-2H3;1H3,(H,2,3,4). The van der Waals surface area contributed by atoms with Gasteiger partial charge in [0, 0.05) is 13.2 Å². The van der Waals surface area contributed by atoms with Crippen molar-refractivity contribution >= 4 is 10.4 Å². The van der Waals surface area contributed by atoms with Gasteiger partial charge in [0.1, 0.15) is 12.5 Å². The van der Waals surface area contributed by atoms with Crippen molar-refractivity contribution in [2.75, 3.05) is 20.3 Å². The molecule has 0 aliphatic carbocycles. The van der Waals surface area contributed by atoms with Crippen LogP contribution >= 0.6 is 0 Å². The van der Waals surface area contributed by atoms with Crippen LogP contribution in [-0.4, -0.2) is 65.9 Å². The second kappa shape index (κ2) is 13.4. The molecule has 0 saturated heterocycles. The van der Waals surface area contributed by atoms with Gasteiger partial charge >= 0.3 is 10.4 Å². The van der Waals surface area contributed by atoms with Crippen LogP contribution in [0.3, 0.4) is 0 Å². The molecule has 8 nitrogen and oxygen atoms in total. The maximum Gasteiger partial charge on any atom is 0.397 e. The maximum absolute atomic E-state index is 9.82. The molecule has 0 fully saturated rings. The summed E-state index contributed by atoms with van der Waals surface area (Å²) in [6.45, 7) is 4.63. The average Bonchev–Trinajstić information content (AvgIpc) is 2.39. The van der Waals surface area contributed by atoms with Crippen molar-refractivity contribution in [3.63, 3.8) is 0 Å². The Bertz CT molecular complexity index is 312. The Morgan fingerprint density at radius 1 is 1.10 bits per heavy atom. The molecule has 0 aliphatic heterocycles. The second-order valence-electron chi connectivity index (χ2n) is 4.45. The van der Waals surface area contributed by atoms with Gasteiger partial charge in [0.25, 0.3) is 0 Å². The molecule has 0 aromatic carbocycles. The summed E-state index contributed by atoms with van der Waals surface area (Å²) in [6, 6.07) is 0. The van der Waals surface area contributed by atoms with E-state index in [2.05, 4.69) is 4.18 Å². The molecule has 0 radical (unpaired) electrons. The van der Waals surface area contributed by atoms with Crippen molar-refractivity contribution in [3.05, 3.63) is 0 Å². The SMILES string of the molecule is CCCC(O)N(CCCO)C(O)CCC.COS(=O)(=O)O. The van der Waals surface area contributed by atoms with E-state index in [-0.39, 0.29) is 6.61 Å². The molecule has 130 valence electrons. The fraction of sp³-hybridized carbons (Fsp3) is 1.00.